The third-order valence-electron chi connectivity index (χ3n) is 2.19. The lowest BCUT2D eigenvalue weighted by Gasteiger charge is -2.22. The molecule has 0 atom stereocenters. The third-order valence-corrected chi connectivity index (χ3v) is 2.37. The Morgan fingerprint density at radius 3 is 2.60 bits per heavy atom. The lowest BCUT2D eigenvalue weighted by Crippen LogP contribution is -2.26. The molecule has 0 spiro atoms. The van der Waals surface area contributed by atoms with Crippen LogP contribution in [0.5, 0.6) is 0 Å². The topological polar surface area (TPSA) is 29.0 Å². The van der Waals surface area contributed by atoms with Gasteiger partial charge in [-0.25, -0.2) is 4.98 Å². The summed E-state index contributed by atoms with van der Waals surface area (Å²) in [7, 11) is 0. The van der Waals surface area contributed by atoms with Crippen LogP contribution in [0, 0.1) is 0 Å². The smallest absolute Gasteiger partial charge is 0.149 e. The van der Waals surface area contributed by atoms with Crippen molar-refractivity contribution in [2.45, 2.75) is 33.1 Å². The van der Waals surface area contributed by atoms with Crippen LogP contribution >= 0.6 is 11.6 Å². The molecule has 1 rings (SSSR count). The molecule has 0 aliphatic carbocycles. The fourth-order valence-corrected chi connectivity index (χ4v) is 1.59. The summed E-state index contributed by atoms with van der Waals surface area (Å²) in [5.41, 5.74) is 0. The molecular weight excluding hydrogens is 210 g/mol. The molecule has 0 aromatic carbocycles. The summed E-state index contributed by atoms with van der Waals surface area (Å²) < 4.78 is 0. The highest BCUT2D eigenvalue weighted by Crippen LogP contribution is 2.13. The number of unbranched alkanes of at least 4 members (excludes halogenated alkanes) is 1. The van der Waals surface area contributed by atoms with E-state index in [-0.39, 0.29) is 0 Å². The molecule has 0 unspecified atom stereocenters. The van der Waals surface area contributed by atoms with E-state index in [4.69, 9.17) is 11.6 Å². The molecule has 4 heteroatoms. The minimum absolute atomic E-state index is 0.463. The van der Waals surface area contributed by atoms with Gasteiger partial charge in [0.1, 0.15) is 11.0 Å². The average Bonchev–Trinajstić information content (AvgIpc) is 2.24. The number of rotatable bonds is 6. The monoisotopic (exact) mass is 227 g/mol. The van der Waals surface area contributed by atoms with Gasteiger partial charge in [0.15, 0.2) is 0 Å². The second-order valence-corrected chi connectivity index (χ2v) is 3.93. The largest absolute Gasteiger partial charge is 0.355 e. The Bertz CT molecular complexity index is 291. The molecule has 1 aromatic rings. The highest BCUT2D eigenvalue weighted by Gasteiger charge is 2.06. The van der Waals surface area contributed by atoms with Gasteiger partial charge < -0.3 is 4.90 Å². The summed E-state index contributed by atoms with van der Waals surface area (Å²) in [6.07, 6.45) is 6.81. The standard InChI is InChI=1S/C11H18ClN3/c1-3-5-7-15(6-4-2)11-9-13-8-10(12)14-11/h8-9H,3-7H2,1-2H3. The highest BCUT2D eigenvalue weighted by atomic mass is 35.5. The molecule has 0 fully saturated rings. The molecule has 15 heavy (non-hydrogen) atoms. The van der Waals surface area contributed by atoms with Crippen LogP contribution in [0.1, 0.15) is 33.1 Å². The summed E-state index contributed by atoms with van der Waals surface area (Å²) in [5, 5.41) is 0.463. The number of anilines is 1. The minimum atomic E-state index is 0.463. The molecule has 1 aromatic heterocycles. The second kappa shape index (κ2) is 6.62. The minimum Gasteiger partial charge on any atom is -0.355 e. The first kappa shape index (κ1) is 12.2. The second-order valence-electron chi connectivity index (χ2n) is 3.54. The van der Waals surface area contributed by atoms with Crippen molar-refractivity contribution in [2.75, 3.05) is 18.0 Å². The molecule has 0 saturated carbocycles. The van der Waals surface area contributed by atoms with Crippen LogP contribution in [0.4, 0.5) is 5.82 Å². The maximum absolute atomic E-state index is 5.82. The number of hydrogen-bond acceptors (Lipinski definition) is 3. The van der Waals surface area contributed by atoms with Gasteiger partial charge >= 0.3 is 0 Å². The zero-order chi connectivity index (χ0) is 11.1. The Hall–Kier alpha value is -0.830. The Kier molecular flexibility index (Phi) is 5.40. The molecule has 0 aliphatic heterocycles. The fourth-order valence-electron chi connectivity index (χ4n) is 1.44. The van der Waals surface area contributed by atoms with Crippen molar-refractivity contribution in [3.8, 4) is 0 Å². The van der Waals surface area contributed by atoms with Gasteiger partial charge in [-0.15, -0.1) is 0 Å². The van der Waals surface area contributed by atoms with Crippen molar-refractivity contribution in [3.63, 3.8) is 0 Å². The van der Waals surface area contributed by atoms with E-state index >= 15 is 0 Å². The van der Waals surface area contributed by atoms with Crippen LogP contribution in [-0.4, -0.2) is 23.1 Å². The van der Waals surface area contributed by atoms with E-state index in [0.29, 0.717) is 5.15 Å². The van der Waals surface area contributed by atoms with E-state index in [1.807, 2.05) is 0 Å². The first-order valence-electron chi connectivity index (χ1n) is 5.50. The van der Waals surface area contributed by atoms with E-state index in [2.05, 4.69) is 28.7 Å². The first-order valence-corrected chi connectivity index (χ1v) is 5.88. The van der Waals surface area contributed by atoms with Gasteiger partial charge in [-0.3, -0.25) is 4.98 Å². The van der Waals surface area contributed by atoms with Crippen LogP contribution in [0.3, 0.4) is 0 Å². The molecule has 1 heterocycles. The molecule has 0 bridgehead atoms. The van der Waals surface area contributed by atoms with Crippen LogP contribution in [-0.2, 0) is 0 Å². The molecule has 0 amide bonds. The lowest BCUT2D eigenvalue weighted by atomic mass is 10.3. The predicted octanol–water partition coefficient (Wildman–Crippen LogP) is 3.15. The number of aromatic nitrogens is 2. The Balaban J connectivity index is 2.69. The Morgan fingerprint density at radius 1 is 1.20 bits per heavy atom. The van der Waals surface area contributed by atoms with Crippen molar-refractivity contribution in [1.29, 1.82) is 0 Å². The van der Waals surface area contributed by atoms with Gasteiger partial charge in [-0.1, -0.05) is 31.9 Å². The van der Waals surface area contributed by atoms with Crippen molar-refractivity contribution in [3.05, 3.63) is 17.5 Å². The predicted molar refractivity (Wildman–Crippen MR) is 64.5 cm³/mol. The Morgan fingerprint density at radius 2 is 2.00 bits per heavy atom. The van der Waals surface area contributed by atoms with Crippen LogP contribution in [0.25, 0.3) is 0 Å². The molecular formula is C11H18ClN3. The zero-order valence-corrected chi connectivity index (χ0v) is 10.2. The van der Waals surface area contributed by atoms with Crippen molar-refractivity contribution >= 4 is 17.4 Å². The Labute approximate surface area is 96.5 Å². The molecule has 3 nitrogen and oxygen atoms in total. The lowest BCUT2D eigenvalue weighted by molar-refractivity contribution is 0.695. The summed E-state index contributed by atoms with van der Waals surface area (Å²) in [6.45, 7) is 6.39. The average molecular weight is 228 g/mol. The molecule has 84 valence electrons. The van der Waals surface area contributed by atoms with E-state index in [9.17, 15) is 0 Å². The summed E-state index contributed by atoms with van der Waals surface area (Å²) >= 11 is 5.82. The van der Waals surface area contributed by atoms with Crippen LogP contribution in [0.15, 0.2) is 12.4 Å². The normalized spacial score (nSPS) is 10.3. The van der Waals surface area contributed by atoms with E-state index in [0.717, 1.165) is 25.3 Å². The molecule has 0 radical (unpaired) electrons. The van der Waals surface area contributed by atoms with Crippen LogP contribution < -0.4 is 4.90 Å². The molecule has 0 saturated heterocycles. The van der Waals surface area contributed by atoms with Crippen molar-refractivity contribution in [1.82, 2.24) is 9.97 Å². The van der Waals surface area contributed by atoms with Gasteiger partial charge in [0.05, 0.1) is 12.4 Å². The highest BCUT2D eigenvalue weighted by molar-refractivity contribution is 6.29. The van der Waals surface area contributed by atoms with Crippen molar-refractivity contribution < 1.29 is 0 Å². The van der Waals surface area contributed by atoms with Gasteiger partial charge in [0, 0.05) is 13.1 Å². The number of hydrogen-bond donors (Lipinski definition) is 0. The van der Waals surface area contributed by atoms with E-state index in [1.54, 1.807) is 12.4 Å². The summed E-state index contributed by atoms with van der Waals surface area (Å²) in [5.74, 6) is 0.887. The van der Waals surface area contributed by atoms with E-state index < -0.39 is 0 Å². The summed E-state index contributed by atoms with van der Waals surface area (Å²) in [6, 6.07) is 0. The van der Waals surface area contributed by atoms with Gasteiger partial charge in [0.2, 0.25) is 0 Å². The molecule has 0 aliphatic rings. The molecule has 0 N–H and O–H groups in total. The van der Waals surface area contributed by atoms with E-state index in [1.165, 1.54) is 12.8 Å². The zero-order valence-electron chi connectivity index (χ0n) is 9.41. The fraction of sp³-hybridized carbons (Fsp3) is 0.636. The number of nitrogens with zero attached hydrogens (tertiary/aromatic N) is 3. The number of halogens is 1. The van der Waals surface area contributed by atoms with Gasteiger partial charge in [-0.2, -0.15) is 0 Å². The van der Waals surface area contributed by atoms with Gasteiger partial charge in [-0.05, 0) is 12.8 Å². The maximum atomic E-state index is 5.82. The first-order chi connectivity index (χ1) is 7.27. The SMILES string of the molecule is CCCCN(CCC)c1cncc(Cl)n1. The third kappa shape index (κ3) is 4.04. The summed E-state index contributed by atoms with van der Waals surface area (Å²) in [4.78, 5) is 10.6. The van der Waals surface area contributed by atoms with Crippen molar-refractivity contribution in [2.24, 2.45) is 0 Å². The van der Waals surface area contributed by atoms with Crippen LogP contribution in [0.2, 0.25) is 5.15 Å². The quantitative estimate of drug-likeness (QED) is 0.748. The van der Waals surface area contributed by atoms with Gasteiger partial charge in [0.25, 0.3) is 0 Å². The maximum Gasteiger partial charge on any atom is 0.149 e.